The molecule has 27 heavy (non-hydrogen) atoms. The van der Waals surface area contributed by atoms with Crippen molar-refractivity contribution in [2.75, 3.05) is 0 Å². The molecule has 0 aliphatic rings. The summed E-state index contributed by atoms with van der Waals surface area (Å²) in [6.45, 7) is 7.13. The Kier molecular flexibility index (Phi) is 4.02. The van der Waals surface area contributed by atoms with Crippen LogP contribution in [0.4, 0.5) is 0 Å². The van der Waals surface area contributed by atoms with Gasteiger partial charge in [0.1, 0.15) is 0 Å². The summed E-state index contributed by atoms with van der Waals surface area (Å²) in [6, 6.07) is 16.4. The Hall–Kier alpha value is -3.08. The van der Waals surface area contributed by atoms with Gasteiger partial charge in [-0.2, -0.15) is 5.10 Å². The van der Waals surface area contributed by atoms with E-state index in [2.05, 4.69) is 56.2 Å². The maximum Gasteiger partial charge on any atom is 0.328 e. The molecule has 2 aromatic carbocycles. The van der Waals surface area contributed by atoms with Gasteiger partial charge in [-0.25, -0.2) is 9.48 Å². The van der Waals surface area contributed by atoms with Gasteiger partial charge >= 0.3 is 5.69 Å². The lowest BCUT2D eigenvalue weighted by Crippen LogP contribution is -2.27. The SMILES string of the molecule is Cn1c(=O)n(CC(C)(C)C)c2ccc(-c3cccc(-n4cccn4)c3)cc21. The minimum atomic E-state index is 0.0300. The minimum Gasteiger partial charge on any atom is -0.295 e. The smallest absolute Gasteiger partial charge is 0.295 e. The predicted octanol–water partition coefficient (Wildman–Crippen LogP) is 4.24. The lowest BCUT2D eigenvalue weighted by molar-refractivity contribution is 0.342. The normalized spacial score (nSPS) is 12.0. The van der Waals surface area contributed by atoms with E-state index < -0.39 is 0 Å². The molecule has 0 amide bonds. The molecule has 0 saturated carbocycles. The van der Waals surface area contributed by atoms with Crippen LogP contribution in [0.15, 0.2) is 65.7 Å². The second-order valence-corrected chi connectivity index (χ2v) is 8.19. The Labute approximate surface area is 158 Å². The van der Waals surface area contributed by atoms with Crippen LogP contribution in [0.3, 0.4) is 0 Å². The molecule has 2 aromatic heterocycles. The Bertz CT molecular complexity index is 1160. The number of aryl methyl sites for hydroxylation is 1. The summed E-state index contributed by atoms with van der Waals surface area (Å²) in [5, 5.41) is 4.30. The summed E-state index contributed by atoms with van der Waals surface area (Å²) in [7, 11) is 1.84. The minimum absolute atomic E-state index is 0.0300. The van der Waals surface area contributed by atoms with Crippen molar-refractivity contribution < 1.29 is 0 Å². The quantitative estimate of drug-likeness (QED) is 0.548. The molecule has 138 valence electrons. The van der Waals surface area contributed by atoms with Crippen molar-refractivity contribution in [2.24, 2.45) is 12.5 Å². The first kappa shape index (κ1) is 17.3. The Morgan fingerprint density at radius 2 is 1.74 bits per heavy atom. The van der Waals surface area contributed by atoms with Gasteiger partial charge in [-0.3, -0.25) is 9.13 Å². The molecule has 5 heteroatoms. The summed E-state index contributed by atoms with van der Waals surface area (Å²) < 4.78 is 5.46. The first-order valence-corrected chi connectivity index (χ1v) is 9.13. The summed E-state index contributed by atoms with van der Waals surface area (Å²) in [4.78, 5) is 12.7. The standard InChI is InChI=1S/C22H24N4O/c1-22(2,3)15-25-19-10-9-17(14-20(19)24(4)21(25)27)16-7-5-8-18(13-16)26-12-6-11-23-26/h5-14H,15H2,1-4H3. The molecule has 0 radical (unpaired) electrons. The van der Waals surface area contributed by atoms with E-state index in [1.54, 1.807) is 10.8 Å². The molecule has 0 bridgehead atoms. The van der Waals surface area contributed by atoms with E-state index in [9.17, 15) is 4.79 Å². The molecule has 4 aromatic rings. The summed E-state index contributed by atoms with van der Waals surface area (Å²) in [6.07, 6.45) is 3.70. The van der Waals surface area contributed by atoms with Crippen LogP contribution in [-0.4, -0.2) is 18.9 Å². The lowest BCUT2D eigenvalue weighted by Gasteiger charge is -2.18. The van der Waals surface area contributed by atoms with Crippen LogP contribution < -0.4 is 5.69 Å². The molecule has 0 saturated heterocycles. The fraction of sp³-hybridized carbons (Fsp3) is 0.273. The zero-order valence-electron chi connectivity index (χ0n) is 16.2. The van der Waals surface area contributed by atoms with Crippen molar-refractivity contribution in [3.63, 3.8) is 0 Å². The van der Waals surface area contributed by atoms with E-state index in [0.29, 0.717) is 6.54 Å². The number of fused-ring (bicyclic) bond motifs is 1. The first-order chi connectivity index (χ1) is 12.8. The number of hydrogen-bond acceptors (Lipinski definition) is 2. The Balaban J connectivity index is 1.82. The van der Waals surface area contributed by atoms with Crippen LogP contribution in [0.5, 0.6) is 0 Å². The molecule has 4 rings (SSSR count). The molecule has 0 unspecified atom stereocenters. The number of rotatable bonds is 3. The van der Waals surface area contributed by atoms with Crippen molar-refractivity contribution in [3.8, 4) is 16.8 Å². The van der Waals surface area contributed by atoms with Crippen molar-refractivity contribution in [1.82, 2.24) is 18.9 Å². The van der Waals surface area contributed by atoms with Gasteiger partial charge in [-0.1, -0.05) is 39.0 Å². The third-order valence-electron chi connectivity index (χ3n) is 4.73. The van der Waals surface area contributed by atoms with Gasteiger partial charge in [-0.15, -0.1) is 0 Å². The van der Waals surface area contributed by atoms with Crippen molar-refractivity contribution >= 4 is 11.0 Å². The number of hydrogen-bond donors (Lipinski definition) is 0. The van der Waals surface area contributed by atoms with Crippen LogP contribution >= 0.6 is 0 Å². The third kappa shape index (κ3) is 3.21. The number of nitrogens with zero attached hydrogens (tertiary/aromatic N) is 4. The molecule has 0 spiro atoms. The average Bonchev–Trinajstić information content (AvgIpc) is 3.25. The van der Waals surface area contributed by atoms with Crippen molar-refractivity contribution in [3.05, 3.63) is 71.4 Å². The van der Waals surface area contributed by atoms with Gasteiger partial charge in [0.15, 0.2) is 0 Å². The number of benzene rings is 2. The van der Waals surface area contributed by atoms with E-state index in [-0.39, 0.29) is 11.1 Å². The molecule has 0 aliphatic heterocycles. The molecule has 2 heterocycles. The van der Waals surface area contributed by atoms with Gasteiger partial charge in [0.2, 0.25) is 0 Å². The largest absolute Gasteiger partial charge is 0.328 e. The van der Waals surface area contributed by atoms with Crippen molar-refractivity contribution in [1.29, 1.82) is 0 Å². The fourth-order valence-corrected chi connectivity index (χ4v) is 3.46. The highest BCUT2D eigenvalue weighted by molar-refractivity contribution is 5.83. The number of aromatic nitrogens is 4. The Morgan fingerprint density at radius 3 is 2.44 bits per heavy atom. The second-order valence-electron chi connectivity index (χ2n) is 8.19. The summed E-state index contributed by atoms with van der Waals surface area (Å²) in [5.74, 6) is 0. The van der Waals surface area contributed by atoms with Crippen LogP contribution in [0.25, 0.3) is 27.8 Å². The first-order valence-electron chi connectivity index (χ1n) is 9.13. The van der Waals surface area contributed by atoms with Gasteiger partial charge in [0, 0.05) is 26.0 Å². The maximum absolute atomic E-state index is 12.7. The molecular weight excluding hydrogens is 336 g/mol. The van der Waals surface area contributed by atoms with E-state index in [0.717, 1.165) is 27.8 Å². The Morgan fingerprint density at radius 1 is 0.963 bits per heavy atom. The average molecular weight is 360 g/mol. The molecule has 0 N–H and O–H groups in total. The number of imidazole rings is 1. The van der Waals surface area contributed by atoms with Gasteiger partial charge in [0.05, 0.1) is 16.7 Å². The van der Waals surface area contributed by atoms with Gasteiger partial charge < -0.3 is 0 Å². The zero-order valence-corrected chi connectivity index (χ0v) is 16.2. The van der Waals surface area contributed by atoms with Crippen LogP contribution in [0, 0.1) is 5.41 Å². The molecule has 0 fully saturated rings. The topological polar surface area (TPSA) is 44.8 Å². The zero-order chi connectivity index (χ0) is 19.2. The highest BCUT2D eigenvalue weighted by Gasteiger charge is 2.18. The van der Waals surface area contributed by atoms with E-state index in [4.69, 9.17) is 0 Å². The molecule has 5 nitrogen and oxygen atoms in total. The van der Waals surface area contributed by atoms with Crippen molar-refractivity contribution in [2.45, 2.75) is 27.3 Å². The lowest BCUT2D eigenvalue weighted by atomic mass is 9.97. The highest BCUT2D eigenvalue weighted by Crippen LogP contribution is 2.27. The van der Waals surface area contributed by atoms with E-state index in [1.807, 2.05) is 40.7 Å². The van der Waals surface area contributed by atoms with Crippen LogP contribution in [0.1, 0.15) is 20.8 Å². The summed E-state index contributed by atoms with van der Waals surface area (Å²) >= 11 is 0. The maximum atomic E-state index is 12.7. The van der Waals surface area contributed by atoms with Gasteiger partial charge in [0.25, 0.3) is 0 Å². The predicted molar refractivity (Wildman–Crippen MR) is 109 cm³/mol. The molecular formula is C22H24N4O. The van der Waals surface area contributed by atoms with Gasteiger partial charge in [-0.05, 0) is 46.9 Å². The fourth-order valence-electron chi connectivity index (χ4n) is 3.46. The highest BCUT2D eigenvalue weighted by atomic mass is 16.1. The van der Waals surface area contributed by atoms with Crippen LogP contribution in [0.2, 0.25) is 0 Å². The summed E-state index contributed by atoms with van der Waals surface area (Å²) in [5.41, 5.74) is 5.19. The monoisotopic (exact) mass is 360 g/mol. The second kappa shape index (κ2) is 6.27. The van der Waals surface area contributed by atoms with E-state index >= 15 is 0 Å². The molecule has 0 aliphatic carbocycles. The van der Waals surface area contributed by atoms with E-state index in [1.165, 1.54) is 0 Å². The molecule has 0 atom stereocenters. The third-order valence-corrected chi connectivity index (χ3v) is 4.73. The van der Waals surface area contributed by atoms with Crippen LogP contribution in [-0.2, 0) is 13.6 Å².